The summed E-state index contributed by atoms with van der Waals surface area (Å²) >= 11 is 5.87. The van der Waals surface area contributed by atoms with Crippen LogP contribution in [-0.4, -0.2) is 22.8 Å². The van der Waals surface area contributed by atoms with Gasteiger partial charge in [0.25, 0.3) is 0 Å². The average Bonchev–Trinajstić information content (AvgIpc) is 2.20. The van der Waals surface area contributed by atoms with Crippen molar-refractivity contribution in [3.63, 3.8) is 0 Å². The molecule has 0 atom stereocenters. The highest BCUT2D eigenvalue weighted by atomic mass is 35.5. The summed E-state index contributed by atoms with van der Waals surface area (Å²) in [5.74, 6) is -0.983. The molecule has 4 heteroatoms. The molecule has 0 aliphatic rings. The Balaban J connectivity index is 2.95. The minimum atomic E-state index is -0.983. The fourth-order valence-electron chi connectivity index (χ4n) is 1.09. The molecule has 1 rings (SSSR count). The molecule has 0 saturated heterocycles. The number of aromatic carboxylic acids is 1. The molecule has 80 valence electrons. The standard InChI is InChI=1S/C11H11ClO3/c12-10-5-4-9(11(14)15)7-8(10)3-1-2-6-13/h1,3-5,7,13H,2,6H2,(H,14,15). The Morgan fingerprint density at radius 3 is 2.80 bits per heavy atom. The first-order valence-corrected chi connectivity index (χ1v) is 4.83. The molecule has 0 radical (unpaired) electrons. The van der Waals surface area contributed by atoms with Gasteiger partial charge >= 0.3 is 5.97 Å². The summed E-state index contributed by atoms with van der Waals surface area (Å²) in [4.78, 5) is 10.7. The van der Waals surface area contributed by atoms with E-state index in [2.05, 4.69) is 0 Å². The molecular formula is C11H11ClO3. The largest absolute Gasteiger partial charge is 0.478 e. The molecule has 0 amide bonds. The SMILES string of the molecule is O=C(O)c1ccc(Cl)c(C=CCCO)c1. The van der Waals surface area contributed by atoms with Crippen LogP contribution in [0, 0.1) is 0 Å². The number of carboxylic acids is 1. The van der Waals surface area contributed by atoms with Crippen molar-refractivity contribution in [2.45, 2.75) is 6.42 Å². The van der Waals surface area contributed by atoms with Gasteiger partial charge in [-0.05, 0) is 30.2 Å². The van der Waals surface area contributed by atoms with Crippen molar-refractivity contribution in [2.24, 2.45) is 0 Å². The quantitative estimate of drug-likeness (QED) is 0.829. The third-order valence-electron chi connectivity index (χ3n) is 1.84. The molecular weight excluding hydrogens is 216 g/mol. The molecule has 3 nitrogen and oxygen atoms in total. The van der Waals surface area contributed by atoms with Crippen LogP contribution >= 0.6 is 11.6 Å². The van der Waals surface area contributed by atoms with Crippen molar-refractivity contribution in [2.75, 3.05) is 6.61 Å². The molecule has 0 unspecified atom stereocenters. The summed E-state index contributed by atoms with van der Waals surface area (Å²) in [5, 5.41) is 17.8. The van der Waals surface area contributed by atoms with Gasteiger partial charge in [-0.2, -0.15) is 0 Å². The van der Waals surface area contributed by atoms with Crippen LogP contribution in [0.2, 0.25) is 5.02 Å². The molecule has 1 aromatic carbocycles. The Kier molecular flexibility index (Phi) is 4.34. The molecule has 0 fully saturated rings. The number of hydrogen-bond donors (Lipinski definition) is 2. The second kappa shape index (κ2) is 5.53. The summed E-state index contributed by atoms with van der Waals surface area (Å²) in [6.07, 6.45) is 3.96. The van der Waals surface area contributed by atoms with E-state index in [-0.39, 0.29) is 12.2 Å². The zero-order chi connectivity index (χ0) is 11.3. The first kappa shape index (κ1) is 11.8. The fraction of sp³-hybridized carbons (Fsp3) is 0.182. The average molecular weight is 227 g/mol. The predicted octanol–water partition coefficient (Wildman–Crippen LogP) is 2.43. The van der Waals surface area contributed by atoms with Crippen LogP contribution in [0.5, 0.6) is 0 Å². The maximum atomic E-state index is 10.7. The summed E-state index contributed by atoms with van der Waals surface area (Å²) < 4.78 is 0. The lowest BCUT2D eigenvalue weighted by Gasteiger charge is -2.00. The van der Waals surface area contributed by atoms with Gasteiger partial charge in [-0.25, -0.2) is 4.79 Å². The number of aliphatic hydroxyl groups excluding tert-OH is 1. The van der Waals surface area contributed by atoms with Crippen molar-refractivity contribution in [3.8, 4) is 0 Å². The summed E-state index contributed by atoms with van der Waals surface area (Å²) in [7, 11) is 0. The number of carboxylic acid groups (broad SMARTS) is 1. The van der Waals surface area contributed by atoms with E-state index in [0.717, 1.165) is 0 Å². The van der Waals surface area contributed by atoms with Gasteiger partial charge < -0.3 is 10.2 Å². The van der Waals surface area contributed by atoms with Crippen molar-refractivity contribution in [1.82, 2.24) is 0 Å². The summed E-state index contributed by atoms with van der Waals surface area (Å²) in [6, 6.07) is 4.50. The lowest BCUT2D eigenvalue weighted by Crippen LogP contribution is -1.96. The molecule has 0 aliphatic heterocycles. The van der Waals surface area contributed by atoms with E-state index in [9.17, 15) is 4.79 Å². The second-order valence-corrected chi connectivity index (χ2v) is 3.36. The predicted molar refractivity (Wildman–Crippen MR) is 59.1 cm³/mol. The van der Waals surface area contributed by atoms with E-state index in [1.165, 1.54) is 12.1 Å². The molecule has 2 N–H and O–H groups in total. The lowest BCUT2D eigenvalue weighted by atomic mass is 10.1. The van der Waals surface area contributed by atoms with Crippen molar-refractivity contribution >= 4 is 23.6 Å². The van der Waals surface area contributed by atoms with Crippen LogP contribution in [0.3, 0.4) is 0 Å². The number of rotatable bonds is 4. The number of aliphatic hydroxyl groups is 1. The second-order valence-electron chi connectivity index (χ2n) is 2.96. The van der Waals surface area contributed by atoms with Crippen LogP contribution in [0.25, 0.3) is 6.08 Å². The van der Waals surface area contributed by atoms with Gasteiger partial charge in [-0.3, -0.25) is 0 Å². The normalized spacial score (nSPS) is 10.8. The van der Waals surface area contributed by atoms with E-state index in [1.54, 1.807) is 18.2 Å². The van der Waals surface area contributed by atoms with Gasteiger partial charge in [0.15, 0.2) is 0 Å². The number of benzene rings is 1. The molecule has 15 heavy (non-hydrogen) atoms. The van der Waals surface area contributed by atoms with Crippen LogP contribution in [-0.2, 0) is 0 Å². The Morgan fingerprint density at radius 2 is 2.20 bits per heavy atom. The Labute approximate surface area is 92.6 Å². The highest BCUT2D eigenvalue weighted by molar-refractivity contribution is 6.32. The first-order chi connectivity index (χ1) is 7.15. The van der Waals surface area contributed by atoms with Crippen LogP contribution in [0.4, 0.5) is 0 Å². The summed E-state index contributed by atoms with van der Waals surface area (Å²) in [5.41, 5.74) is 0.841. The van der Waals surface area contributed by atoms with E-state index in [1.807, 2.05) is 0 Å². The molecule has 0 aromatic heterocycles. The van der Waals surface area contributed by atoms with Crippen molar-refractivity contribution in [3.05, 3.63) is 40.4 Å². The third-order valence-corrected chi connectivity index (χ3v) is 2.18. The number of carbonyl (C=O) groups is 1. The highest BCUT2D eigenvalue weighted by Crippen LogP contribution is 2.19. The van der Waals surface area contributed by atoms with Gasteiger partial charge in [-0.1, -0.05) is 23.8 Å². The smallest absolute Gasteiger partial charge is 0.335 e. The monoisotopic (exact) mass is 226 g/mol. The topological polar surface area (TPSA) is 57.5 Å². The van der Waals surface area contributed by atoms with E-state index >= 15 is 0 Å². The van der Waals surface area contributed by atoms with E-state index in [0.29, 0.717) is 17.0 Å². The maximum Gasteiger partial charge on any atom is 0.335 e. The van der Waals surface area contributed by atoms with Gasteiger partial charge in [0.05, 0.1) is 5.56 Å². The molecule has 1 aromatic rings. The molecule has 0 spiro atoms. The number of hydrogen-bond acceptors (Lipinski definition) is 2. The van der Waals surface area contributed by atoms with Crippen LogP contribution < -0.4 is 0 Å². The summed E-state index contributed by atoms with van der Waals surface area (Å²) in [6.45, 7) is 0.0622. The first-order valence-electron chi connectivity index (χ1n) is 4.45. The van der Waals surface area contributed by atoms with Gasteiger partial charge in [0.1, 0.15) is 0 Å². The van der Waals surface area contributed by atoms with Gasteiger partial charge in [-0.15, -0.1) is 0 Å². The Bertz CT molecular complexity index is 385. The van der Waals surface area contributed by atoms with Gasteiger partial charge in [0.2, 0.25) is 0 Å². The van der Waals surface area contributed by atoms with Crippen LogP contribution in [0.1, 0.15) is 22.3 Å². The molecule has 0 saturated carbocycles. The zero-order valence-electron chi connectivity index (χ0n) is 7.98. The fourth-order valence-corrected chi connectivity index (χ4v) is 1.27. The van der Waals surface area contributed by atoms with E-state index in [4.69, 9.17) is 21.8 Å². The Morgan fingerprint density at radius 1 is 1.47 bits per heavy atom. The van der Waals surface area contributed by atoms with Gasteiger partial charge in [0, 0.05) is 11.6 Å². The van der Waals surface area contributed by atoms with Crippen LogP contribution in [0.15, 0.2) is 24.3 Å². The lowest BCUT2D eigenvalue weighted by molar-refractivity contribution is 0.0697. The minimum absolute atomic E-state index is 0.0622. The van der Waals surface area contributed by atoms with Crippen molar-refractivity contribution < 1.29 is 15.0 Å². The number of halogens is 1. The molecule has 0 heterocycles. The third kappa shape index (κ3) is 3.38. The zero-order valence-corrected chi connectivity index (χ0v) is 8.74. The maximum absolute atomic E-state index is 10.7. The molecule has 0 aliphatic carbocycles. The van der Waals surface area contributed by atoms with E-state index < -0.39 is 5.97 Å². The minimum Gasteiger partial charge on any atom is -0.478 e. The van der Waals surface area contributed by atoms with Crippen molar-refractivity contribution in [1.29, 1.82) is 0 Å². The molecule has 0 bridgehead atoms. The Hall–Kier alpha value is -1.32. The highest BCUT2D eigenvalue weighted by Gasteiger charge is 2.04.